The third-order valence-electron chi connectivity index (χ3n) is 1.59. The fraction of sp³-hybridized carbons (Fsp3) is 0.375. The van der Waals surface area contributed by atoms with Crippen molar-refractivity contribution in [1.82, 2.24) is 4.98 Å². The Morgan fingerprint density at radius 1 is 1.57 bits per heavy atom. The largest absolute Gasteiger partial charge is 0.490 e. The first kappa shape index (κ1) is 11.3. The predicted octanol–water partition coefficient (Wildman–Crippen LogP) is 0.204. The molecule has 0 saturated carbocycles. The summed E-state index contributed by atoms with van der Waals surface area (Å²) in [5.74, 6) is 0.347. The monoisotopic (exact) mass is 215 g/mol. The quantitative estimate of drug-likeness (QED) is 0.705. The van der Waals surface area contributed by atoms with E-state index in [2.05, 4.69) is 4.98 Å². The van der Waals surface area contributed by atoms with Gasteiger partial charge in [-0.2, -0.15) is 0 Å². The lowest BCUT2D eigenvalue weighted by Crippen LogP contribution is -2.31. The number of nitrogens with zero attached hydrogens (tertiary/aromatic N) is 1. The highest BCUT2D eigenvalue weighted by Gasteiger charge is 2.16. The van der Waals surface area contributed by atoms with Crippen LogP contribution < -0.4 is 10.2 Å². The molecule has 0 aliphatic heterocycles. The molecule has 0 amide bonds. The van der Waals surface area contributed by atoms with E-state index in [1.54, 1.807) is 0 Å². The molecule has 0 fully saturated rings. The summed E-state index contributed by atoms with van der Waals surface area (Å²) in [4.78, 5) is 3.88. The zero-order chi connectivity index (χ0) is 10.6. The highest BCUT2D eigenvalue weighted by atomic mass is 35.5. The Balaban J connectivity index is 2.83. The Labute approximate surface area is 87.6 Å². The van der Waals surface area contributed by atoms with Gasteiger partial charge in [-0.1, -0.05) is 18.5 Å². The molecular weight excluding hydrogens is 204 g/mol. The minimum atomic E-state index is -1.60. The Kier molecular flexibility index (Phi) is 4.19. The first-order valence-corrected chi connectivity index (χ1v) is 4.67. The second-order valence-corrected chi connectivity index (χ2v) is 3.17. The Bertz CT molecular complexity index is 309. The number of hydrogen-bond acceptors (Lipinski definition) is 4. The van der Waals surface area contributed by atoms with E-state index in [4.69, 9.17) is 26.4 Å². The van der Waals surface area contributed by atoms with Crippen LogP contribution in [0.3, 0.4) is 0 Å². The molecule has 6 heteroatoms. The van der Waals surface area contributed by atoms with Crippen molar-refractivity contribution in [3.8, 4) is 5.88 Å². The van der Waals surface area contributed by atoms with Gasteiger partial charge in [-0.05, 0) is 6.42 Å². The Morgan fingerprint density at radius 2 is 2.29 bits per heavy atom. The van der Waals surface area contributed by atoms with Gasteiger partial charge in [-0.15, -0.1) is 0 Å². The molecule has 4 nitrogen and oxygen atoms in total. The van der Waals surface area contributed by atoms with E-state index in [0.29, 0.717) is 12.5 Å². The molecule has 1 heterocycles. The van der Waals surface area contributed by atoms with Gasteiger partial charge in [-0.3, -0.25) is 0 Å². The van der Waals surface area contributed by atoms with Gasteiger partial charge in [-0.25, -0.2) is 4.98 Å². The molecule has 1 rings (SSSR count). The summed E-state index contributed by atoms with van der Waals surface area (Å²) >= 11 is 5.69. The molecule has 0 bridgehead atoms. The standard InChI is InChI=1S/C8H11BClNO3/c1-2-3-14-8-4-6(9(12)13)7(10)5-11-8/h4-5,12-13H,2-3H2,1H3. The van der Waals surface area contributed by atoms with Crippen LogP contribution in [0.15, 0.2) is 12.3 Å². The van der Waals surface area contributed by atoms with Gasteiger partial charge in [0.1, 0.15) is 0 Å². The molecule has 14 heavy (non-hydrogen) atoms. The van der Waals surface area contributed by atoms with Gasteiger partial charge in [0.2, 0.25) is 5.88 Å². The lowest BCUT2D eigenvalue weighted by Gasteiger charge is -2.06. The summed E-state index contributed by atoms with van der Waals surface area (Å²) in [6.45, 7) is 2.51. The average molecular weight is 215 g/mol. The van der Waals surface area contributed by atoms with Crippen molar-refractivity contribution in [2.75, 3.05) is 6.61 Å². The fourth-order valence-corrected chi connectivity index (χ4v) is 1.12. The summed E-state index contributed by atoms with van der Waals surface area (Å²) in [6, 6.07) is 1.42. The van der Waals surface area contributed by atoms with Crippen LogP contribution in [0, 0.1) is 0 Å². The van der Waals surface area contributed by atoms with Crippen molar-refractivity contribution in [2.45, 2.75) is 13.3 Å². The molecule has 0 saturated heterocycles. The molecule has 0 aliphatic carbocycles. The summed E-state index contributed by atoms with van der Waals surface area (Å²) < 4.78 is 5.21. The number of pyridine rings is 1. The number of aromatic nitrogens is 1. The molecule has 1 aromatic heterocycles. The molecular formula is C8H11BClNO3. The maximum Gasteiger partial charge on any atom is 0.490 e. The average Bonchev–Trinajstić information content (AvgIpc) is 2.16. The molecule has 0 radical (unpaired) electrons. The summed E-state index contributed by atoms with van der Waals surface area (Å²) in [5.41, 5.74) is 0.202. The van der Waals surface area contributed by atoms with E-state index in [9.17, 15) is 0 Å². The second-order valence-electron chi connectivity index (χ2n) is 2.77. The van der Waals surface area contributed by atoms with Gasteiger partial charge in [0.05, 0.1) is 11.6 Å². The minimum absolute atomic E-state index is 0.202. The maximum atomic E-state index is 8.94. The van der Waals surface area contributed by atoms with E-state index in [-0.39, 0.29) is 10.5 Å². The van der Waals surface area contributed by atoms with Crippen molar-refractivity contribution in [1.29, 1.82) is 0 Å². The smallest absolute Gasteiger partial charge is 0.478 e. The van der Waals surface area contributed by atoms with E-state index < -0.39 is 7.12 Å². The minimum Gasteiger partial charge on any atom is -0.478 e. The topological polar surface area (TPSA) is 62.6 Å². The predicted molar refractivity (Wildman–Crippen MR) is 54.9 cm³/mol. The molecule has 0 unspecified atom stereocenters. The zero-order valence-corrected chi connectivity index (χ0v) is 8.53. The van der Waals surface area contributed by atoms with E-state index >= 15 is 0 Å². The molecule has 0 atom stereocenters. The van der Waals surface area contributed by atoms with Crippen LogP contribution in [0.2, 0.25) is 5.02 Å². The lowest BCUT2D eigenvalue weighted by molar-refractivity contribution is 0.305. The third kappa shape index (κ3) is 2.87. The summed E-state index contributed by atoms with van der Waals surface area (Å²) in [5, 5.41) is 18.1. The van der Waals surface area contributed by atoms with Crippen LogP contribution in [0.5, 0.6) is 5.88 Å². The normalized spacial score (nSPS) is 10.0. The highest BCUT2D eigenvalue weighted by molar-refractivity contribution is 6.62. The molecule has 0 aromatic carbocycles. The summed E-state index contributed by atoms with van der Waals surface area (Å²) in [6.07, 6.45) is 2.20. The van der Waals surface area contributed by atoms with Crippen molar-refractivity contribution < 1.29 is 14.8 Å². The maximum absolute atomic E-state index is 8.94. The van der Waals surface area contributed by atoms with Crippen molar-refractivity contribution >= 4 is 24.2 Å². The molecule has 2 N–H and O–H groups in total. The van der Waals surface area contributed by atoms with Gasteiger partial charge in [0.25, 0.3) is 0 Å². The lowest BCUT2D eigenvalue weighted by atomic mass is 9.81. The van der Waals surface area contributed by atoms with Crippen LogP contribution in [-0.4, -0.2) is 28.8 Å². The van der Waals surface area contributed by atoms with Crippen LogP contribution in [0.1, 0.15) is 13.3 Å². The molecule has 0 aliphatic rings. The number of halogens is 1. The van der Waals surface area contributed by atoms with Crippen LogP contribution in [0.25, 0.3) is 0 Å². The number of ether oxygens (including phenoxy) is 1. The molecule has 0 spiro atoms. The molecule has 1 aromatic rings. The van der Waals surface area contributed by atoms with E-state index in [0.717, 1.165) is 6.42 Å². The van der Waals surface area contributed by atoms with Gasteiger partial charge in [0, 0.05) is 17.7 Å². The van der Waals surface area contributed by atoms with Gasteiger partial charge < -0.3 is 14.8 Å². The van der Waals surface area contributed by atoms with Crippen molar-refractivity contribution in [3.63, 3.8) is 0 Å². The first-order chi connectivity index (χ1) is 6.65. The number of rotatable bonds is 4. The van der Waals surface area contributed by atoms with Gasteiger partial charge in [0.15, 0.2) is 0 Å². The zero-order valence-electron chi connectivity index (χ0n) is 7.77. The molecule has 76 valence electrons. The Morgan fingerprint density at radius 3 is 2.86 bits per heavy atom. The first-order valence-electron chi connectivity index (χ1n) is 4.29. The Hall–Kier alpha value is -0.775. The summed E-state index contributed by atoms with van der Waals surface area (Å²) in [7, 11) is -1.60. The van der Waals surface area contributed by atoms with Crippen LogP contribution in [0.4, 0.5) is 0 Å². The van der Waals surface area contributed by atoms with E-state index in [1.165, 1.54) is 12.3 Å². The van der Waals surface area contributed by atoms with Gasteiger partial charge >= 0.3 is 7.12 Å². The third-order valence-corrected chi connectivity index (χ3v) is 1.91. The van der Waals surface area contributed by atoms with E-state index in [1.807, 2.05) is 6.92 Å². The number of hydrogen-bond donors (Lipinski definition) is 2. The second kappa shape index (κ2) is 5.19. The van der Waals surface area contributed by atoms with Crippen LogP contribution >= 0.6 is 11.6 Å². The SMILES string of the molecule is CCCOc1cc(B(O)O)c(Cl)cn1. The van der Waals surface area contributed by atoms with Crippen molar-refractivity contribution in [3.05, 3.63) is 17.3 Å². The fourth-order valence-electron chi connectivity index (χ4n) is 0.917. The van der Waals surface area contributed by atoms with Crippen LogP contribution in [-0.2, 0) is 0 Å². The highest BCUT2D eigenvalue weighted by Crippen LogP contribution is 2.10. The van der Waals surface area contributed by atoms with Crippen molar-refractivity contribution in [2.24, 2.45) is 0 Å².